The molecule has 9 aromatic carbocycles. The molecule has 1 aliphatic rings. The van der Waals surface area contributed by atoms with Gasteiger partial charge in [-0.3, -0.25) is 0 Å². The van der Waals surface area contributed by atoms with Gasteiger partial charge in [0.2, 0.25) is 0 Å². The van der Waals surface area contributed by atoms with Gasteiger partial charge in [0.15, 0.2) is 0 Å². The van der Waals surface area contributed by atoms with Gasteiger partial charge in [-0.1, -0.05) is 188 Å². The van der Waals surface area contributed by atoms with Crippen LogP contribution < -0.4 is 4.90 Å². The third-order valence-electron chi connectivity index (χ3n) is 12.0. The van der Waals surface area contributed by atoms with E-state index in [9.17, 15) is 0 Å². The van der Waals surface area contributed by atoms with E-state index in [-0.39, 0.29) is 0 Å². The van der Waals surface area contributed by atoms with Crippen LogP contribution in [0.25, 0.3) is 77.7 Å². The summed E-state index contributed by atoms with van der Waals surface area (Å²) in [4.78, 5) is 2.42. The Morgan fingerprint density at radius 1 is 0.333 bits per heavy atom. The highest BCUT2D eigenvalue weighted by Crippen LogP contribution is 2.46. The molecule has 0 saturated heterocycles. The van der Waals surface area contributed by atoms with Crippen molar-refractivity contribution in [3.05, 3.63) is 236 Å². The maximum absolute atomic E-state index is 6.33. The molecule has 0 aliphatic heterocycles. The Bertz CT molecular complexity index is 3110. The van der Waals surface area contributed by atoms with Gasteiger partial charge in [0.1, 0.15) is 11.3 Å². The minimum atomic E-state index is 0.901. The minimum Gasteiger partial charge on any atom is -0.460 e. The molecule has 0 radical (unpaired) electrons. The van der Waals surface area contributed by atoms with Gasteiger partial charge in [-0.15, -0.1) is 0 Å². The number of hydrogen-bond acceptors (Lipinski definition) is 2. The van der Waals surface area contributed by atoms with Crippen molar-refractivity contribution in [3.63, 3.8) is 0 Å². The molecule has 1 heterocycles. The molecule has 11 rings (SSSR count). The molecule has 0 N–H and O–H groups in total. The SMILES string of the molecule is c1ccc(-c2ccc(-c3ccc(N(c4ccc(-c5ccc6c(c5)CCc5oc7ccccc7c5-6)c(-c5ccccc5)c4)c4ccccc4-c4ccccc4)cc3)cc2)cc1. The van der Waals surface area contributed by atoms with Gasteiger partial charge in [0.25, 0.3) is 0 Å². The summed E-state index contributed by atoms with van der Waals surface area (Å²) in [6.45, 7) is 0. The van der Waals surface area contributed by atoms with Gasteiger partial charge < -0.3 is 9.32 Å². The van der Waals surface area contributed by atoms with E-state index in [0.717, 1.165) is 41.2 Å². The molecule has 10 aromatic rings. The van der Waals surface area contributed by atoms with Crippen LogP contribution in [-0.2, 0) is 12.8 Å². The Balaban J connectivity index is 1.03. The maximum atomic E-state index is 6.33. The molecule has 0 atom stereocenters. The highest BCUT2D eigenvalue weighted by Gasteiger charge is 2.24. The monoisotopic (exact) mass is 767 g/mol. The van der Waals surface area contributed by atoms with Crippen molar-refractivity contribution < 1.29 is 4.42 Å². The van der Waals surface area contributed by atoms with Crippen molar-refractivity contribution in [3.8, 4) is 66.8 Å². The second-order valence-corrected chi connectivity index (χ2v) is 15.6. The summed E-state index contributed by atoms with van der Waals surface area (Å²) in [7, 11) is 0. The number of para-hydroxylation sites is 2. The second kappa shape index (κ2) is 15.2. The van der Waals surface area contributed by atoms with Crippen LogP contribution >= 0.6 is 0 Å². The lowest BCUT2D eigenvalue weighted by Crippen LogP contribution is -2.11. The van der Waals surface area contributed by atoms with E-state index < -0.39 is 0 Å². The first kappa shape index (κ1) is 35.5. The number of fused-ring (bicyclic) bond motifs is 5. The number of nitrogens with zero attached hydrogens (tertiary/aromatic N) is 1. The predicted octanol–water partition coefficient (Wildman–Crippen LogP) is 16.0. The fourth-order valence-electron chi connectivity index (χ4n) is 9.05. The fourth-order valence-corrected chi connectivity index (χ4v) is 9.05. The largest absolute Gasteiger partial charge is 0.460 e. The Labute approximate surface area is 351 Å². The molecular weight excluding hydrogens is 727 g/mol. The lowest BCUT2D eigenvalue weighted by atomic mass is 9.85. The molecule has 284 valence electrons. The van der Waals surface area contributed by atoms with Gasteiger partial charge in [0, 0.05) is 34.3 Å². The molecule has 0 bridgehead atoms. The average Bonchev–Trinajstić information content (AvgIpc) is 3.72. The lowest BCUT2D eigenvalue weighted by molar-refractivity contribution is 0.546. The molecule has 0 amide bonds. The van der Waals surface area contributed by atoms with Crippen molar-refractivity contribution in [1.82, 2.24) is 0 Å². The summed E-state index contributed by atoms with van der Waals surface area (Å²) in [6.07, 6.45) is 1.85. The predicted molar refractivity (Wildman–Crippen MR) is 251 cm³/mol. The highest BCUT2D eigenvalue weighted by molar-refractivity contribution is 5.99. The summed E-state index contributed by atoms with van der Waals surface area (Å²) >= 11 is 0. The van der Waals surface area contributed by atoms with Crippen LogP contribution in [-0.4, -0.2) is 0 Å². The maximum Gasteiger partial charge on any atom is 0.134 e. The number of aryl methyl sites for hydroxylation is 2. The second-order valence-electron chi connectivity index (χ2n) is 15.6. The standard InChI is InChI=1S/C58H41NO/c1-4-14-40(15-5-1)41-24-26-42(27-25-41)43-28-32-48(33-29-43)59(55-22-12-10-20-51(55)44-16-6-2-7-17-44)49-34-36-50(54(39-49)45-18-8-3-9-19-45)46-30-35-52-47(38-46)31-37-57-58(52)53-21-11-13-23-56(53)60-57/h1-30,32-36,38-39H,31,37H2. The Kier molecular flexibility index (Phi) is 9.02. The molecule has 2 heteroatoms. The zero-order valence-electron chi connectivity index (χ0n) is 33.1. The van der Waals surface area contributed by atoms with Crippen molar-refractivity contribution in [2.75, 3.05) is 4.90 Å². The summed E-state index contributed by atoms with van der Waals surface area (Å²) in [5, 5.41) is 1.19. The van der Waals surface area contributed by atoms with Crippen LogP contribution in [0, 0.1) is 0 Å². The third kappa shape index (κ3) is 6.49. The molecule has 60 heavy (non-hydrogen) atoms. The molecule has 0 unspecified atom stereocenters. The number of hydrogen-bond donors (Lipinski definition) is 0. The first-order valence-electron chi connectivity index (χ1n) is 20.8. The average molecular weight is 768 g/mol. The van der Waals surface area contributed by atoms with Gasteiger partial charge in [-0.25, -0.2) is 0 Å². The van der Waals surface area contributed by atoms with Gasteiger partial charge in [-0.2, -0.15) is 0 Å². The molecule has 1 aromatic heterocycles. The van der Waals surface area contributed by atoms with Crippen LogP contribution in [0.3, 0.4) is 0 Å². The van der Waals surface area contributed by atoms with E-state index in [0.29, 0.717) is 0 Å². The van der Waals surface area contributed by atoms with E-state index >= 15 is 0 Å². The first-order valence-corrected chi connectivity index (χ1v) is 20.8. The number of anilines is 3. The normalized spacial score (nSPS) is 11.9. The zero-order chi connectivity index (χ0) is 39.8. The van der Waals surface area contributed by atoms with E-state index in [1.165, 1.54) is 77.7 Å². The highest BCUT2D eigenvalue weighted by atomic mass is 16.3. The van der Waals surface area contributed by atoms with Crippen LogP contribution in [0.5, 0.6) is 0 Å². The van der Waals surface area contributed by atoms with E-state index in [2.05, 4.69) is 229 Å². The van der Waals surface area contributed by atoms with Gasteiger partial charge in [-0.05, 0) is 104 Å². The lowest BCUT2D eigenvalue weighted by Gasteiger charge is -2.29. The quantitative estimate of drug-likeness (QED) is 0.153. The Morgan fingerprint density at radius 3 is 1.55 bits per heavy atom. The van der Waals surface area contributed by atoms with Gasteiger partial charge in [0.05, 0.1) is 5.69 Å². The molecule has 0 spiro atoms. The molecule has 0 saturated carbocycles. The number of furan rings is 1. The van der Waals surface area contributed by atoms with Crippen LogP contribution in [0.1, 0.15) is 11.3 Å². The van der Waals surface area contributed by atoms with Crippen LogP contribution in [0.2, 0.25) is 0 Å². The molecule has 2 nitrogen and oxygen atoms in total. The van der Waals surface area contributed by atoms with Gasteiger partial charge >= 0.3 is 0 Å². The Morgan fingerprint density at radius 2 is 0.850 bits per heavy atom. The molecule has 1 aliphatic carbocycles. The van der Waals surface area contributed by atoms with Crippen molar-refractivity contribution in [2.24, 2.45) is 0 Å². The summed E-state index contributed by atoms with van der Waals surface area (Å²) in [6, 6.07) is 81.2. The first-order chi connectivity index (χ1) is 29.7. The summed E-state index contributed by atoms with van der Waals surface area (Å²) < 4.78 is 6.33. The van der Waals surface area contributed by atoms with Crippen molar-refractivity contribution in [2.45, 2.75) is 12.8 Å². The van der Waals surface area contributed by atoms with E-state index in [4.69, 9.17) is 4.42 Å². The van der Waals surface area contributed by atoms with E-state index in [1.54, 1.807) is 0 Å². The van der Waals surface area contributed by atoms with Crippen LogP contribution in [0.15, 0.2) is 229 Å². The minimum absolute atomic E-state index is 0.901. The van der Waals surface area contributed by atoms with E-state index in [1.807, 2.05) is 0 Å². The third-order valence-corrected chi connectivity index (χ3v) is 12.0. The zero-order valence-corrected chi connectivity index (χ0v) is 33.1. The summed E-state index contributed by atoms with van der Waals surface area (Å²) in [5.41, 5.74) is 20.1. The number of benzene rings is 9. The molecular formula is C58H41NO. The summed E-state index contributed by atoms with van der Waals surface area (Å²) in [5.74, 6) is 1.09. The van der Waals surface area contributed by atoms with Crippen LogP contribution in [0.4, 0.5) is 17.1 Å². The Hall–Kier alpha value is -7.68. The topological polar surface area (TPSA) is 16.4 Å². The fraction of sp³-hybridized carbons (Fsp3) is 0.0345. The van der Waals surface area contributed by atoms with Crippen molar-refractivity contribution in [1.29, 1.82) is 0 Å². The molecule has 0 fully saturated rings. The number of rotatable bonds is 8. The van der Waals surface area contributed by atoms with Crippen molar-refractivity contribution >= 4 is 28.0 Å². The smallest absolute Gasteiger partial charge is 0.134 e.